The number of piperazine rings is 1. The summed E-state index contributed by atoms with van der Waals surface area (Å²) in [5.41, 5.74) is 0.314. The Balaban J connectivity index is 1.75. The van der Waals surface area contributed by atoms with Crippen molar-refractivity contribution < 1.29 is 18.7 Å². The number of hydrogen-bond donors (Lipinski definition) is 1. The summed E-state index contributed by atoms with van der Waals surface area (Å²) in [5, 5.41) is 10.9. The summed E-state index contributed by atoms with van der Waals surface area (Å²) in [6, 6.07) is 7.11. The number of fused-ring (bicyclic) bond motifs is 2. The monoisotopic (exact) mass is 603 g/mol. The van der Waals surface area contributed by atoms with E-state index in [-0.39, 0.29) is 56.8 Å². The van der Waals surface area contributed by atoms with Crippen molar-refractivity contribution in [3.05, 3.63) is 82.6 Å². The molecule has 0 bridgehead atoms. The van der Waals surface area contributed by atoms with Crippen LogP contribution in [0, 0.1) is 18.6 Å². The molecule has 0 aliphatic carbocycles. The number of phenolic OH excluding ortho intramolecular Hbond substituents is 1. The number of thioether (sulfide) groups is 1. The molecule has 8 nitrogen and oxygen atoms in total. The lowest BCUT2D eigenvalue weighted by Gasteiger charge is -2.45. The Bertz CT molecular complexity index is 1870. The maximum Gasteiger partial charge on any atom is 0.354 e. The van der Waals surface area contributed by atoms with Crippen LogP contribution in [0.1, 0.15) is 37.9 Å². The molecule has 11 heteroatoms. The minimum Gasteiger partial charge on any atom is -0.507 e. The minimum atomic E-state index is -0.982. The number of halogens is 2. The Kier molecular flexibility index (Phi) is 7.24. The van der Waals surface area contributed by atoms with Crippen LogP contribution in [0.15, 0.2) is 58.9 Å². The molecule has 1 fully saturated rings. The molecular formula is C32H31F2N5O3S. The number of hydrogen-bond acceptors (Lipinski definition) is 7. The van der Waals surface area contributed by atoms with Gasteiger partial charge in [0, 0.05) is 36.6 Å². The number of aryl methyl sites for hydroxylation is 1. The first kappa shape index (κ1) is 28.9. The largest absolute Gasteiger partial charge is 0.507 e. The number of para-hydroxylation sites is 1. The van der Waals surface area contributed by atoms with Gasteiger partial charge < -0.3 is 14.9 Å². The van der Waals surface area contributed by atoms with E-state index >= 15 is 8.78 Å². The first-order chi connectivity index (χ1) is 20.5. The fourth-order valence-electron chi connectivity index (χ4n) is 6.17. The molecule has 1 N–H and O–H groups in total. The van der Waals surface area contributed by atoms with Gasteiger partial charge in [-0.3, -0.25) is 14.3 Å². The summed E-state index contributed by atoms with van der Waals surface area (Å²) in [6.45, 7) is 11.8. The maximum absolute atomic E-state index is 17.1. The summed E-state index contributed by atoms with van der Waals surface area (Å²) in [7, 11) is 0. The molecule has 2 aromatic carbocycles. The van der Waals surface area contributed by atoms with Crippen molar-refractivity contribution in [3.8, 4) is 22.6 Å². The van der Waals surface area contributed by atoms with E-state index in [2.05, 4.69) is 16.5 Å². The van der Waals surface area contributed by atoms with E-state index in [0.29, 0.717) is 35.8 Å². The predicted octanol–water partition coefficient (Wildman–Crippen LogP) is 5.56. The number of anilines is 1. The zero-order valence-corrected chi connectivity index (χ0v) is 25.1. The third-order valence-corrected chi connectivity index (χ3v) is 9.46. The van der Waals surface area contributed by atoms with Crippen molar-refractivity contribution in [1.82, 2.24) is 19.4 Å². The lowest BCUT2D eigenvalue weighted by Crippen LogP contribution is -2.60. The number of phenols is 1. The van der Waals surface area contributed by atoms with E-state index < -0.39 is 22.9 Å². The number of rotatable bonds is 4. The van der Waals surface area contributed by atoms with Crippen LogP contribution in [0.3, 0.4) is 0 Å². The van der Waals surface area contributed by atoms with Crippen molar-refractivity contribution in [2.24, 2.45) is 0 Å². The molecule has 1 amide bonds. The van der Waals surface area contributed by atoms with Crippen LogP contribution >= 0.6 is 11.8 Å². The molecular weight excluding hydrogens is 572 g/mol. The smallest absolute Gasteiger partial charge is 0.354 e. The summed E-state index contributed by atoms with van der Waals surface area (Å²) in [5.74, 6) is -1.94. The average Bonchev–Trinajstić information content (AvgIpc) is 3.12. The second kappa shape index (κ2) is 10.8. The maximum atomic E-state index is 17.1. The van der Waals surface area contributed by atoms with Gasteiger partial charge in [-0.1, -0.05) is 38.6 Å². The van der Waals surface area contributed by atoms with Crippen LogP contribution in [-0.2, 0) is 4.79 Å². The van der Waals surface area contributed by atoms with Gasteiger partial charge in [-0.15, -0.1) is 11.8 Å². The molecule has 0 radical (unpaired) electrons. The quantitative estimate of drug-likeness (QED) is 0.306. The van der Waals surface area contributed by atoms with Crippen LogP contribution < -0.4 is 10.6 Å². The highest BCUT2D eigenvalue weighted by Crippen LogP contribution is 2.47. The second-order valence-corrected chi connectivity index (χ2v) is 12.3. The molecule has 4 heterocycles. The van der Waals surface area contributed by atoms with Crippen molar-refractivity contribution in [1.29, 1.82) is 0 Å². The van der Waals surface area contributed by atoms with Gasteiger partial charge in [0.2, 0.25) is 5.91 Å². The fourth-order valence-corrected chi connectivity index (χ4v) is 7.37. The number of carbonyl (C=O) groups excluding carboxylic acids is 1. The zero-order chi connectivity index (χ0) is 30.7. The normalized spacial score (nSPS) is 18.1. The van der Waals surface area contributed by atoms with E-state index in [1.165, 1.54) is 34.5 Å². The highest BCUT2D eigenvalue weighted by Gasteiger charge is 2.40. The number of nitrogens with zero attached hydrogens (tertiary/aromatic N) is 5. The third-order valence-electron chi connectivity index (χ3n) is 8.24. The van der Waals surface area contributed by atoms with E-state index in [4.69, 9.17) is 0 Å². The second-order valence-electron chi connectivity index (χ2n) is 11.3. The van der Waals surface area contributed by atoms with Crippen LogP contribution in [0.5, 0.6) is 5.75 Å². The number of aromatic hydroxyl groups is 1. The third kappa shape index (κ3) is 4.48. The zero-order valence-electron chi connectivity index (χ0n) is 24.3. The highest BCUT2D eigenvalue weighted by atomic mass is 32.2. The number of aromatic nitrogens is 3. The van der Waals surface area contributed by atoms with E-state index in [0.717, 1.165) is 0 Å². The van der Waals surface area contributed by atoms with E-state index in [9.17, 15) is 14.7 Å². The van der Waals surface area contributed by atoms with Crippen LogP contribution in [-0.4, -0.2) is 61.4 Å². The first-order valence-electron chi connectivity index (χ1n) is 14.1. The van der Waals surface area contributed by atoms with Gasteiger partial charge in [-0.25, -0.2) is 13.6 Å². The van der Waals surface area contributed by atoms with Gasteiger partial charge in [0.25, 0.3) is 0 Å². The number of pyridine rings is 1. The summed E-state index contributed by atoms with van der Waals surface area (Å²) in [4.78, 5) is 39.5. The molecule has 222 valence electrons. The average molecular weight is 604 g/mol. The highest BCUT2D eigenvalue weighted by molar-refractivity contribution is 7.99. The van der Waals surface area contributed by atoms with Crippen LogP contribution in [0.4, 0.5) is 14.6 Å². The molecule has 6 rings (SSSR count). The number of benzene rings is 2. The van der Waals surface area contributed by atoms with Gasteiger partial charge in [-0.2, -0.15) is 4.98 Å². The fraction of sp³-hybridized carbons (Fsp3) is 0.312. The number of amides is 1. The lowest BCUT2D eigenvalue weighted by atomic mass is 9.99. The van der Waals surface area contributed by atoms with E-state index in [1.54, 1.807) is 29.3 Å². The summed E-state index contributed by atoms with van der Waals surface area (Å²) >= 11 is 1.18. The molecule has 43 heavy (non-hydrogen) atoms. The lowest BCUT2D eigenvalue weighted by molar-refractivity contribution is -0.128. The van der Waals surface area contributed by atoms with Crippen molar-refractivity contribution >= 4 is 34.4 Å². The van der Waals surface area contributed by atoms with Crippen LogP contribution in [0.2, 0.25) is 0 Å². The molecule has 2 aromatic heterocycles. The predicted molar refractivity (Wildman–Crippen MR) is 164 cm³/mol. The van der Waals surface area contributed by atoms with E-state index in [1.807, 2.05) is 32.6 Å². The van der Waals surface area contributed by atoms with Crippen molar-refractivity contribution in [2.45, 2.75) is 50.6 Å². The Morgan fingerprint density at radius 3 is 2.63 bits per heavy atom. The molecule has 2 unspecified atom stereocenters. The molecule has 0 saturated carbocycles. The molecule has 2 aliphatic rings. The molecule has 0 spiro atoms. The molecule has 2 atom stereocenters. The molecule has 2 aliphatic heterocycles. The Morgan fingerprint density at radius 2 is 1.93 bits per heavy atom. The standard InChI is InChI=1S/C32H31F2N5O3S/c1-6-22(41)37-14-19-15-43-30-24-29(25(33)23(26(30)34)20-9-7-8-10-21(20)40)39(28-17(4)11-12-35-27(28)16(2)3)32(42)36-31(24)38(19)13-18(37)5/h6-12,16,18-19,40H,1,13-15H2,2-5H3. The Morgan fingerprint density at radius 1 is 1.19 bits per heavy atom. The first-order valence-corrected chi connectivity index (χ1v) is 15.1. The van der Waals surface area contributed by atoms with Crippen molar-refractivity contribution in [3.63, 3.8) is 0 Å². The summed E-state index contributed by atoms with van der Waals surface area (Å²) < 4.78 is 35.0. The molecule has 1 saturated heterocycles. The van der Waals surface area contributed by atoms with Crippen molar-refractivity contribution in [2.75, 3.05) is 23.7 Å². The van der Waals surface area contributed by atoms with Crippen LogP contribution in [0.25, 0.3) is 27.7 Å². The van der Waals surface area contributed by atoms with Gasteiger partial charge in [0.1, 0.15) is 17.4 Å². The van der Waals surface area contributed by atoms with Gasteiger partial charge >= 0.3 is 5.69 Å². The molecule has 4 aromatic rings. The van der Waals surface area contributed by atoms with Gasteiger partial charge in [-0.05, 0) is 43.5 Å². The minimum absolute atomic E-state index is 0.0288. The summed E-state index contributed by atoms with van der Waals surface area (Å²) in [6.07, 6.45) is 2.90. The SMILES string of the molecule is C=CC(=O)N1CC2CSc3c(F)c(-c4ccccc4O)c(F)c4c3c(nc(=O)n4-c3c(C)ccnc3C(C)C)N2CC1C. The van der Waals surface area contributed by atoms with Gasteiger partial charge in [0.05, 0.1) is 38.8 Å². The topological polar surface area (TPSA) is 91.6 Å². The Labute approximate surface area is 251 Å². The number of carbonyl (C=O) groups is 1. The van der Waals surface area contributed by atoms with Gasteiger partial charge in [0.15, 0.2) is 5.82 Å². The Hall–Kier alpha value is -4.25.